The molecule has 1 aromatic heterocycles. The van der Waals surface area contributed by atoms with Gasteiger partial charge in [-0.05, 0) is 12.5 Å². The fourth-order valence-corrected chi connectivity index (χ4v) is 3.26. The van der Waals surface area contributed by atoms with Gasteiger partial charge < -0.3 is 0 Å². The number of nitrogens with zero attached hydrogens (tertiary/aromatic N) is 1. The molecule has 0 bridgehead atoms. The van der Waals surface area contributed by atoms with Gasteiger partial charge in [0.2, 0.25) is 0 Å². The minimum absolute atomic E-state index is 0.0993. The molecule has 0 spiro atoms. The molecule has 0 N–H and O–H groups in total. The topological polar surface area (TPSA) is 30.0 Å². The van der Waals surface area contributed by atoms with Crippen LogP contribution in [0.3, 0.4) is 0 Å². The highest BCUT2D eigenvalue weighted by Gasteiger charge is 2.26. The summed E-state index contributed by atoms with van der Waals surface area (Å²) in [4.78, 5) is 17.3. The summed E-state index contributed by atoms with van der Waals surface area (Å²) >= 11 is 1.50. The van der Waals surface area contributed by atoms with Crippen LogP contribution >= 0.6 is 11.3 Å². The Bertz CT molecular complexity index is 620. The molecule has 0 unspecified atom stereocenters. The van der Waals surface area contributed by atoms with Crippen molar-refractivity contribution in [1.82, 2.24) is 4.98 Å². The number of ketones is 1. The highest BCUT2D eigenvalue weighted by Crippen LogP contribution is 2.35. The Labute approximate surface area is 118 Å². The van der Waals surface area contributed by atoms with E-state index in [4.69, 9.17) is 4.98 Å². The van der Waals surface area contributed by atoms with E-state index >= 15 is 0 Å². The summed E-state index contributed by atoms with van der Waals surface area (Å²) in [6.45, 7) is 9.97. The number of Topliss-reactive ketones (excluding diaryl/α,β-unsaturated/α-hetero) is 1. The molecule has 2 nitrogen and oxygen atoms in total. The lowest BCUT2D eigenvalue weighted by Crippen LogP contribution is -2.15. The molecule has 0 atom stereocenters. The van der Waals surface area contributed by atoms with Crippen molar-refractivity contribution in [2.75, 3.05) is 0 Å². The quantitative estimate of drug-likeness (QED) is 0.747. The van der Waals surface area contributed by atoms with E-state index in [1.54, 1.807) is 6.92 Å². The average molecular weight is 273 g/mol. The number of hydrogen-bond donors (Lipinski definition) is 0. The lowest BCUT2D eigenvalue weighted by Gasteiger charge is -2.16. The van der Waals surface area contributed by atoms with E-state index in [0.717, 1.165) is 21.1 Å². The van der Waals surface area contributed by atoms with E-state index in [1.165, 1.54) is 16.9 Å². The van der Waals surface area contributed by atoms with Crippen LogP contribution in [0.15, 0.2) is 24.3 Å². The summed E-state index contributed by atoms with van der Waals surface area (Å²) in [6.07, 6.45) is 0. The summed E-state index contributed by atoms with van der Waals surface area (Å²) < 4.78 is 0. The Hall–Kier alpha value is -1.48. The molecule has 0 amide bonds. The maximum atomic E-state index is 11.8. The number of aryl methyl sites for hydroxylation is 1. The molecule has 19 heavy (non-hydrogen) atoms. The highest BCUT2D eigenvalue weighted by atomic mass is 32.1. The van der Waals surface area contributed by atoms with Crippen molar-refractivity contribution < 1.29 is 4.79 Å². The van der Waals surface area contributed by atoms with Gasteiger partial charge in [0, 0.05) is 17.9 Å². The van der Waals surface area contributed by atoms with Crippen molar-refractivity contribution in [2.45, 2.75) is 40.0 Å². The zero-order valence-electron chi connectivity index (χ0n) is 12.1. The number of aromatic nitrogens is 1. The molecule has 0 saturated heterocycles. The fraction of sp³-hybridized carbons (Fsp3) is 0.375. The molecule has 0 aliphatic heterocycles. The first-order chi connectivity index (χ1) is 8.80. The first kappa shape index (κ1) is 13.9. The van der Waals surface area contributed by atoms with Gasteiger partial charge in [0.1, 0.15) is 5.01 Å². The minimum atomic E-state index is -0.113. The van der Waals surface area contributed by atoms with Gasteiger partial charge in [-0.1, -0.05) is 45.0 Å². The number of benzene rings is 1. The molecule has 0 saturated carbocycles. The molecule has 0 radical (unpaired) electrons. The zero-order valence-corrected chi connectivity index (χ0v) is 12.9. The van der Waals surface area contributed by atoms with Gasteiger partial charge in [0.05, 0.1) is 10.6 Å². The second-order valence-electron chi connectivity index (χ2n) is 5.82. The van der Waals surface area contributed by atoms with E-state index < -0.39 is 0 Å². The fourth-order valence-electron chi connectivity index (χ4n) is 2.00. The maximum Gasteiger partial charge on any atom is 0.171 e. The van der Waals surface area contributed by atoms with Crippen LogP contribution in [0.2, 0.25) is 0 Å². The van der Waals surface area contributed by atoms with Crippen LogP contribution in [0.5, 0.6) is 0 Å². The summed E-state index contributed by atoms with van der Waals surface area (Å²) in [7, 11) is 0. The summed E-state index contributed by atoms with van der Waals surface area (Å²) in [5.41, 5.74) is 3.10. The van der Waals surface area contributed by atoms with Crippen molar-refractivity contribution >= 4 is 17.1 Å². The third kappa shape index (κ3) is 2.76. The molecule has 2 aromatic rings. The Morgan fingerprint density at radius 2 is 1.84 bits per heavy atom. The second-order valence-corrected chi connectivity index (χ2v) is 6.82. The largest absolute Gasteiger partial charge is 0.294 e. The number of hydrogen-bond acceptors (Lipinski definition) is 3. The summed E-state index contributed by atoms with van der Waals surface area (Å²) in [5.74, 6) is 0.0993. The van der Waals surface area contributed by atoms with Gasteiger partial charge in [-0.3, -0.25) is 4.79 Å². The van der Waals surface area contributed by atoms with Crippen molar-refractivity contribution in [3.05, 3.63) is 40.4 Å². The Morgan fingerprint density at radius 1 is 1.21 bits per heavy atom. The van der Waals surface area contributed by atoms with Crippen molar-refractivity contribution in [1.29, 1.82) is 0 Å². The van der Waals surface area contributed by atoms with E-state index in [1.807, 2.05) is 12.1 Å². The number of carbonyl (C=O) groups excluding carboxylic acids is 1. The minimum Gasteiger partial charge on any atom is -0.294 e. The normalized spacial score (nSPS) is 11.6. The van der Waals surface area contributed by atoms with Crippen LogP contribution in [0.1, 0.15) is 48.6 Å². The molecule has 100 valence electrons. The van der Waals surface area contributed by atoms with E-state index in [-0.39, 0.29) is 11.2 Å². The van der Waals surface area contributed by atoms with Gasteiger partial charge >= 0.3 is 0 Å². The van der Waals surface area contributed by atoms with Crippen LogP contribution in [0.4, 0.5) is 0 Å². The van der Waals surface area contributed by atoms with Crippen LogP contribution in [-0.4, -0.2) is 10.8 Å². The molecular formula is C16H19NOS. The predicted octanol–water partition coefficient (Wildman–Crippen LogP) is 4.62. The van der Waals surface area contributed by atoms with Gasteiger partial charge in [-0.15, -0.1) is 11.3 Å². The lowest BCUT2D eigenvalue weighted by molar-refractivity contribution is 0.101. The lowest BCUT2D eigenvalue weighted by atomic mass is 9.90. The zero-order chi connectivity index (χ0) is 14.2. The third-order valence-electron chi connectivity index (χ3n) is 3.03. The molecule has 0 fully saturated rings. The second kappa shape index (κ2) is 4.89. The third-order valence-corrected chi connectivity index (χ3v) is 4.22. The number of carbonyl (C=O) groups is 1. The Morgan fingerprint density at radius 3 is 2.32 bits per heavy atom. The van der Waals surface area contributed by atoms with Gasteiger partial charge in [-0.25, -0.2) is 4.98 Å². The molecular weight excluding hydrogens is 254 g/mol. The first-order valence-corrected chi connectivity index (χ1v) is 7.20. The van der Waals surface area contributed by atoms with Crippen LogP contribution in [0, 0.1) is 6.92 Å². The molecule has 3 heteroatoms. The molecule has 0 aliphatic carbocycles. The Kier molecular flexibility index (Phi) is 3.59. The molecule has 2 rings (SSSR count). The first-order valence-electron chi connectivity index (χ1n) is 6.39. The molecule has 1 aromatic carbocycles. The van der Waals surface area contributed by atoms with Gasteiger partial charge in [0.25, 0.3) is 0 Å². The maximum absolute atomic E-state index is 11.8. The van der Waals surface area contributed by atoms with Crippen LogP contribution < -0.4 is 0 Å². The summed E-state index contributed by atoms with van der Waals surface area (Å²) in [6, 6.07) is 8.16. The standard InChI is InChI=1S/C16H19NOS/c1-10-8-6-7-9-12(10)15-17-14(16(3,4)5)13(19-15)11(2)18/h6-9H,1-5H3. The van der Waals surface area contributed by atoms with Crippen LogP contribution in [0.25, 0.3) is 10.6 Å². The monoisotopic (exact) mass is 273 g/mol. The number of rotatable bonds is 2. The number of thiazole rings is 1. The van der Waals surface area contributed by atoms with E-state index in [0.29, 0.717) is 0 Å². The van der Waals surface area contributed by atoms with Crippen LogP contribution in [-0.2, 0) is 5.41 Å². The highest BCUT2D eigenvalue weighted by molar-refractivity contribution is 7.17. The van der Waals surface area contributed by atoms with E-state index in [2.05, 4.69) is 39.8 Å². The Balaban J connectivity index is 2.62. The molecule has 0 aliphatic rings. The van der Waals surface area contributed by atoms with E-state index in [9.17, 15) is 4.79 Å². The molecule has 1 heterocycles. The SMILES string of the molecule is CC(=O)c1sc(-c2ccccc2C)nc1C(C)(C)C. The van der Waals surface area contributed by atoms with Crippen molar-refractivity contribution in [3.63, 3.8) is 0 Å². The van der Waals surface area contributed by atoms with Crippen molar-refractivity contribution in [3.8, 4) is 10.6 Å². The van der Waals surface area contributed by atoms with Crippen molar-refractivity contribution in [2.24, 2.45) is 0 Å². The van der Waals surface area contributed by atoms with Gasteiger partial charge in [0.15, 0.2) is 5.78 Å². The predicted molar refractivity (Wildman–Crippen MR) is 81.0 cm³/mol. The smallest absolute Gasteiger partial charge is 0.171 e. The van der Waals surface area contributed by atoms with Gasteiger partial charge in [-0.2, -0.15) is 0 Å². The summed E-state index contributed by atoms with van der Waals surface area (Å²) in [5, 5.41) is 0.938. The average Bonchev–Trinajstić information content (AvgIpc) is 2.74.